The summed E-state index contributed by atoms with van der Waals surface area (Å²) in [4.78, 5) is 0. The fourth-order valence-corrected chi connectivity index (χ4v) is 3.00. The number of hydrogen-bond acceptors (Lipinski definition) is 4. The Morgan fingerprint density at radius 2 is 1.64 bits per heavy atom. The molecule has 0 saturated carbocycles. The largest absolute Gasteiger partial charge is 0.508 e. The molecule has 2 N–H and O–H groups in total. The Bertz CT molecular complexity index is 965. The van der Waals surface area contributed by atoms with Crippen LogP contribution in [-0.2, 0) is 13.2 Å². The van der Waals surface area contributed by atoms with Gasteiger partial charge in [0, 0.05) is 28.9 Å². The first-order chi connectivity index (χ1) is 13.5. The third-order valence-electron chi connectivity index (χ3n) is 4.08. The molecule has 0 amide bonds. The fraction of sp³-hybridized carbons (Fsp3) is 0.143. The Kier molecular flexibility index (Phi) is 6.49. The molecule has 3 rings (SSSR count). The predicted octanol–water partition coefficient (Wildman–Crippen LogP) is 6.04. The molecule has 0 bridgehead atoms. The number of nitrogens with one attached hydrogen (secondary N) is 1. The van der Waals surface area contributed by atoms with Crippen molar-refractivity contribution < 1.29 is 19.0 Å². The van der Waals surface area contributed by atoms with E-state index >= 15 is 0 Å². The van der Waals surface area contributed by atoms with E-state index in [0.717, 1.165) is 11.3 Å². The van der Waals surface area contributed by atoms with Crippen LogP contribution in [0.2, 0.25) is 10.0 Å². The average Bonchev–Trinajstić information content (AvgIpc) is 2.68. The summed E-state index contributed by atoms with van der Waals surface area (Å²) in [6.07, 6.45) is 0. The topological polar surface area (TPSA) is 50.7 Å². The average molecular weight is 422 g/mol. The van der Waals surface area contributed by atoms with Gasteiger partial charge in [0.05, 0.1) is 12.1 Å². The predicted molar refractivity (Wildman–Crippen MR) is 109 cm³/mol. The zero-order valence-corrected chi connectivity index (χ0v) is 16.5. The Morgan fingerprint density at radius 3 is 2.32 bits per heavy atom. The molecule has 7 heteroatoms. The standard InChI is InChI=1S/C21H18Cl2FNO3/c1-27-20-8-14(11-25-16-4-6-17(26)7-5-16)19(23)10-21(20)28-12-13-2-3-15(24)9-18(13)22/h2-10,25-26H,11-12H2,1H3. The first-order valence-electron chi connectivity index (χ1n) is 8.42. The lowest BCUT2D eigenvalue weighted by Gasteiger charge is -2.15. The van der Waals surface area contributed by atoms with Crippen LogP contribution < -0.4 is 14.8 Å². The van der Waals surface area contributed by atoms with Crippen LogP contribution in [0.4, 0.5) is 10.1 Å². The number of ether oxygens (including phenoxy) is 2. The van der Waals surface area contributed by atoms with Crippen LogP contribution in [0.25, 0.3) is 0 Å². The molecule has 146 valence electrons. The Labute approximate surface area is 172 Å². The quantitative estimate of drug-likeness (QED) is 0.456. The van der Waals surface area contributed by atoms with Crippen molar-refractivity contribution in [2.45, 2.75) is 13.2 Å². The summed E-state index contributed by atoms with van der Waals surface area (Å²) in [6.45, 7) is 0.612. The summed E-state index contributed by atoms with van der Waals surface area (Å²) >= 11 is 12.4. The van der Waals surface area contributed by atoms with Crippen LogP contribution in [-0.4, -0.2) is 12.2 Å². The van der Waals surface area contributed by atoms with Gasteiger partial charge in [-0.05, 0) is 48.0 Å². The number of halogens is 3. The second-order valence-corrected chi connectivity index (χ2v) is 6.83. The maximum absolute atomic E-state index is 13.2. The monoisotopic (exact) mass is 421 g/mol. The van der Waals surface area contributed by atoms with Crippen molar-refractivity contribution in [3.05, 3.63) is 81.6 Å². The van der Waals surface area contributed by atoms with Crippen molar-refractivity contribution in [3.63, 3.8) is 0 Å². The number of aromatic hydroxyl groups is 1. The second kappa shape index (κ2) is 9.04. The van der Waals surface area contributed by atoms with E-state index < -0.39 is 5.82 Å². The minimum absolute atomic E-state index is 0.150. The number of phenolic OH excluding ortho intramolecular Hbond substituents is 1. The number of rotatable bonds is 7. The molecular formula is C21H18Cl2FNO3. The highest BCUT2D eigenvalue weighted by Crippen LogP contribution is 2.34. The van der Waals surface area contributed by atoms with E-state index in [9.17, 15) is 9.50 Å². The first kappa shape index (κ1) is 20.1. The van der Waals surface area contributed by atoms with Crippen LogP contribution in [0, 0.1) is 5.82 Å². The molecule has 0 unspecified atom stereocenters. The molecule has 0 fully saturated rings. The summed E-state index contributed by atoms with van der Waals surface area (Å²) in [5, 5.41) is 13.4. The molecule has 0 aromatic heterocycles. The smallest absolute Gasteiger partial charge is 0.163 e. The Balaban J connectivity index is 1.72. The van der Waals surface area contributed by atoms with Crippen LogP contribution in [0.5, 0.6) is 17.2 Å². The normalized spacial score (nSPS) is 10.6. The molecule has 28 heavy (non-hydrogen) atoms. The molecule has 4 nitrogen and oxygen atoms in total. The van der Waals surface area contributed by atoms with Crippen molar-refractivity contribution in [3.8, 4) is 17.2 Å². The molecule has 0 radical (unpaired) electrons. The van der Waals surface area contributed by atoms with E-state index in [4.69, 9.17) is 32.7 Å². The minimum atomic E-state index is -0.403. The van der Waals surface area contributed by atoms with E-state index in [0.29, 0.717) is 33.7 Å². The lowest BCUT2D eigenvalue weighted by atomic mass is 10.2. The Morgan fingerprint density at radius 1 is 0.929 bits per heavy atom. The minimum Gasteiger partial charge on any atom is -0.508 e. The van der Waals surface area contributed by atoms with Crippen molar-refractivity contribution in [1.29, 1.82) is 0 Å². The highest BCUT2D eigenvalue weighted by molar-refractivity contribution is 6.31. The van der Waals surface area contributed by atoms with E-state index in [1.807, 2.05) is 0 Å². The lowest BCUT2D eigenvalue weighted by molar-refractivity contribution is 0.284. The molecule has 3 aromatic carbocycles. The number of anilines is 1. The maximum atomic E-state index is 13.2. The number of methoxy groups -OCH3 is 1. The summed E-state index contributed by atoms with van der Waals surface area (Å²) in [6, 6.07) is 14.3. The van der Waals surface area contributed by atoms with Crippen LogP contribution in [0.3, 0.4) is 0 Å². The molecule has 0 atom stereocenters. The van der Waals surface area contributed by atoms with Gasteiger partial charge in [0.25, 0.3) is 0 Å². The van der Waals surface area contributed by atoms with Crippen molar-refractivity contribution in [2.24, 2.45) is 0 Å². The summed E-state index contributed by atoms with van der Waals surface area (Å²) < 4.78 is 24.4. The third kappa shape index (κ3) is 5.00. The third-order valence-corrected chi connectivity index (χ3v) is 4.78. The maximum Gasteiger partial charge on any atom is 0.163 e. The van der Waals surface area contributed by atoms with Gasteiger partial charge in [-0.3, -0.25) is 0 Å². The SMILES string of the molecule is COc1cc(CNc2ccc(O)cc2)c(Cl)cc1OCc1ccc(F)cc1Cl. The van der Waals surface area contributed by atoms with Gasteiger partial charge in [-0.15, -0.1) is 0 Å². The first-order valence-corrected chi connectivity index (χ1v) is 9.18. The zero-order chi connectivity index (χ0) is 20.1. The number of phenols is 1. The molecule has 0 heterocycles. The molecule has 0 aliphatic rings. The molecule has 0 aliphatic heterocycles. The van der Waals surface area contributed by atoms with Gasteiger partial charge in [-0.2, -0.15) is 0 Å². The van der Waals surface area contributed by atoms with Gasteiger partial charge in [-0.25, -0.2) is 4.39 Å². The van der Waals surface area contributed by atoms with Gasteiger partial charge in [0.15, 0.2) is 11.5 Å². The highest BCUT2D eigenvalue weighted by Gasteiger charge is 2.12. The summed E-state index contributed by atoms with van der Waals surface area (Å²) in [5.41, 5.74) is 2.32. The van der Waals surface area contributed by atoms with E-state index in [1.165, 1.54) is 19.2 Å². The van der Waals surface area contributed by atoms with Crippen LogP contribution >= 0.6 is 23.2 Å². The van der Waals surface area contributed by atoms with Crippen molar-refractivity contribution >= 4 is 28.9 Å². The van der Waals surface area contributed by atoms with Gasteiger partial charge < -0.3 is 19.9 Å². The summed E-state index contributed by atoms with van der Waals surface area (Å²) in [5.74, 6) is 0.777. The van der Waals surface area contributed by atoms with Crippen molar-refractivity contribution in [1.82, 2.24) is 0 Å². The van der Waals surface area contributed by atoms with Crippen LogP contribution in [0.15, 0.2) is 54.6 Å². The Hall–Kier alpha value is -2.63. The van der Waals surface area contributed by atoms with Crippen LogP contribution in [0.1, 0.15) is 11.1 Å². The lowest BCUT2D eigenvalue weighted by Crippen LogP contribution is -2.03. The van der Waals surface area contributed by atoms with Gasteiger partial charge in [0.2, 0.25) is 0 Å². The van der Waals surface area contributed by atoms with E-state index in [-0.39, 0.29) is 12.4 Å². The van der Waals surface area contributed by atoms with E-state index in [1.54, 1.807) is 42.5 Å². The van der Waals surface area contributed by atoms with Gasteiger partial charge in [-0.1, -0.05) is 29.3 Å². The second-order valence-electron chi connectivity index (χ2n) is 6.02. The molecule has 3 aromatic rings. The molecule has 0 spiro atoms. The number of benzene rings is 3. The molecular weight excluding hydrogens is 404 g/mol. The highest BCUT2D eigenvalue weighted by atomic mass is 35.5. The fourth-order valence-electron chi connectivity index (χ4n) is 2.56. The summed E-state index contributed by atoms with van der Waals surface area (Å²) in [7, 11) is 1.54. The molecule has 0 aliphatic carbocycles. The van der Waals surface area contributed by atoms with Gasteiger partial charge in [0.1, 0.15) is 18.2 Å². The number of hydrogen-bond donors (Lipinski definition) is 2. The molecule has 0 saturated heterocycles. The van der Waals surface area contributed by atoms with E-state index in [2.05, 4.69) is 5.32 Å². The van der Waals surface area contributed by atoms with Gasteiger partial charge >= 0.3 is 0 Å². The van der Waals surface area contributed by atoms with Crippen molar-refractivity contribution in [2.75, 3.05) is 12.4 Å². The zero-order valence-electron chi connectivity index (χ0n) is 15.0.